The maximum absolute atomic E-state index is 13.4. The molecule has 7 nitrogen and oxygen atoms in total. The van der Waals surface area contributed by atoms with Crippen LogP contribution in [0.2, 0.25) is 0 Å². The second-order valence-electron chi connectivity index (χ2n) is 12.9. The number of hydrogen-bond donors (Lipinski definition) is 4. The van der Waals surface area contributed by atoms with Gasteiger partial charge in [-0.15, -0.1) is 0 Å². The molecular formula is C31H51N3O4. The van der Waals surface area contributed by atoms with E-state index in [4.69, 9.17) is 4.84 Å². The van der Waals surface area contributed by atoms with Crippen LogP contribution < -0.4 is 10.6 Å². The van der Waals surface area contributed by atoms with Crippen LogP contribution in [0.5, 0.6) is 0 Å². The Morgan fingerprint density at radius 3 is 2.34 bits per heavy atom. The Kier molecular flexibility index (Phi) is 10.4. The van der Waals surface area contributed by atoms with E-state index < -0.39 is 18.1 Å². The number of aliphatic hydroxyl groups excluding tert-OH is 2. The highest BCUT2D eigenvalue weighted by Crippen LogP contribution is 2.37. The van der Waals surface area contributed by atoms with Crippen molar-refractivity contribution in [3.8, 4) is 11.8 Å². The number of fused-ring (bicyclic) bond motifs is 1. The first-order valence-corrected chi connectivity index (χ1v) is 15.8. The molecule has 6 atom stereocenters. The van der Waals surface area contributed by atoms with E-state index in [0.29, 0.717) is 42.8 Å². The topological polar surface area (TPSA) is 94.1 Å². The molecule has 214 valence electrons. The lowest BCUT2D eigenvalue weighted by molar-refractivity contribution is -0.182. The first-order chi connectivity index (χ1) is 18.7. The van der Waals surface area contributed by atoms with Crippen LogP contribution in [0.15, 0.2) is 0 Å². The Labute approximate surface area is 229 Å². The third kappa shape index (κ3) is 6.93. The van der Waals surface area contributed by atoms with Gasteiger partial charge >= 0.3 is 0 Å². The largest absolute Gasteiger partial charge is 0.396 e. The standard InChI is InChI=1S/C31H51N3O4/c35-20-27-29(21-36)38-34(19-24-14-12-23(13-15-24)11-10-22-6-2-1-3-7-22)30(27)31(37)32-17-16-25-18-33-28-9-5-4-8-26(25)28/h22-30,33,35-36H,1-9,12-21H2,(H,32,37). The van der Waals surface area contributed by atoms with Crippen molar-refractivity contribution in [1.29, 1.82) is 0 Å². The number of aliphatic hydroxyl groups is 2. The van der Waals surface area contributed by atoms with Crippen LogP contribution >= 0.6 is 0 Å². The van der Waals surface area contributed by atoms with Gasteiger partial charge in [-0.05, 0) is 82.1 Å². The summed E-state index contributed by atoms with van der Waals surface area (Å²) < 4.78 is 0. The van der Waals surface area contributed by atoms with Crippen LogP contribution in [0.4, 0.5) is 0 Å². The number of rotatable bonds is 8. The van der Waals surface area contributed by atoms with E-state index in [1.54, 1.807) is 5.06 Å². The summed E-state index contributed by atoms with van der Waals surface area (Å²) in [6.07, 6.45) is 16.7. The molecule has 0 aromatic carbocycles. The van der Waals surface area contributed by atoms with E-state index in [-0.39, 0.29) is 19.1 Å². The van der Waals surface area contributed by atoms with Crippen LogP contribution in [0, 0.1) is 47.3 Å². The minimum atomic E-state index is -0.551. The highest BCUT2D eigenvalue weighted by atomic mass is 16.7. The molecule has 6 unspecified atom stereocenters. The Balaban J connectivity index is 1.11. The molecule has 4 N–H and O–H groups in total. The number of carbonyl (C=O) groups is 1. The van der Waals surface area contributed by atoms with Crippen LogP contribution in [0.25, 0.3) is 0 Å². The molecule has 2 heterocycles. The van der Waals surface area contributed by atoms with Gasteiger partial charge < -0.3 is 20.8 Å². The number of carbonyl (C=O) groups excluding carboxylic acids is 1. The molecule has 0 bridgehead atoms. The van der Waals surface area contributed by atoms with Crippen LogP contribution in [0.3, 0.4) is 0 Å². The molecule has 5 rings (SSSR count). The Bertz CT molecular complexity index is 814. The van der Waals surface area contributed by atoms with E-state index >= 15 is 0 Å². The fourth-order valence-electron chi connectivity index (χ4n) is 8.06. The molecule has 2 saturated heterocycles. The Morgan fingerprint density at radius 2 is 1.61 bits per heavy atom. The number of nitrogens with zero attached hydrogens (tertiary/aromatic N) is 1. The number of hydroxylamine groups is 2. The van der Waals surface area contributed by atoms with Crippen molar-refractivity contribution in [2.75, 3.05) is 32.8 Å². The zero-order valence-corrected chi connectivity index (χ0v) is 23.3. The van der Waals surface area contributed by atoms with Gasteiger partial charge in [0, 0.05) is 36.9 Å². The second kappa shape index (κ2) is 13.9. The van der Waals surface area contributed by atoms with E-state index in [1.807, 2.05) is 0 Å². The molecule has 2 aliphatic heterocycles. The molecule has 5 fully saturated rings. The molecule has 0 aromatic rings. The predicted molar refractivity (Wildman–Crippen MR) is 148 cm³/mol. The molecule has 7 heteroatoms. The molecule has 3 saturated carbocycles. The summed E-state index contributed by atoms with van der Waals surface area (Å²) in [7, 11) is 0. The van der Waals surface area contributed by atoms with Crippen molar-refractivity contribution in [3.63, 3.8) is 0 Å². The maximum Gasteiger partial charge on any atom is 0.240 e. The van der Waals surface area contributed by atoms with Gasteiger partial charge in [0.2, 0.25) is 5.91 Å². The lowest BCUT2D eigenvalue weighted by atomic mass is 9.79. The highest BCUT2D eigenvalue weighted by molar-refractivity contribution is 5.82. The summed E-state index contributed by atoms with van der Waals surface area (Å²) in [5, 5.41) is 28.7. The van der Waals surface area contributed by atoms with Crippen molar-refractivity contribution in [2.24, 2.45) is 35.5 Å². The summed E-state index contributed by atoms with van der Waals surface area (Å²) >= 11 is 0. The molecule has 0 spiro atoms. The molecule has 1 amide bonds. The SMILES string of the molecule is O=C(NCCC1CNC2CCCCC12)C1C(CO)C(CO)ON1CC1CCC(C#CC2CCCCC2)CC1. The molecule has 0 radical (unpaired) electrons. The Morgan fingerprint density at radius 1 is 0.895 bits per heavy atom. The van der Waals surface area contributed by atoms with E-state index in [1.165, 1.54) is 57.8 Å². The molecule has 5 aliphatic rings. The van der Waals surface area contributed by atoms with Gasteiger partial charge in [0.05, 0.1) is 13.2 Å². The van der Waals surface area contributed by atoms with Crippen LogP contribution in [-0.2, 0) is 9.63 Å². The van der Waals surface area contributed by atoms with Gasteiger partial charge in [0.15, 0.2) is 0 Å². The lowest BCUT2D eigenvalue weighted by Crippen LogP contribution is -2.49. The fourth-order valence-corrected chi connectivity index (χ4v) is 8.06. The second-order valence-corrected chi connectivity index (χ2v) is 12.9. The van der Waals surface area contributed by atoms with Gasteiger partial charge in [-0.25, -0.2) is 0 Å². The molecule has 3 aliphatic carbocycles. The zero-order chi connectivity index (χ0) is 26.3. The lowest BCUT2D eigenvalue weighted by Gasteiger charge is -2.31. The minimum absolute atomic E-state index is 0.0711. The summed E-state index contributed by atoms with van der Waals surface area (Å²) in [5.74, 6) is 9.64. The fraction of sp³-hybridized carbons (Fsp3) is 0.903. The van der Waals surface area contributed by atoms with Gasteiger partial charge in [-0.3, -0.25) is 9.63 Å². The van der Waals surface area contributed by atoms with Gasteiger partial charge in [-0.2, -0.15) is 5.06 Å². The number of amides is 1. The smallest absolute Gasteiger partial charge is 0.240 e. The normalized spacial score (nSPS) is 38.4. The average molecular weight is 530 g/mol. The van der Waals surface area contributed by atoms with Gasteiger partial charge in [0.1, 0.15) is 12.1 Å². The molecule has 0 aromatic heterocycles. The number of nitrogens with one attached hydrogen (secondary N) is 2. The first kappa shape index (κ1) is 28.4. The average Bonchev–Trinajstić information content (AvgIpc) is 3.54. The molecular weight excluding hydrogens is 478 g/mol. The third-order valence-electron chi connectivity index (χ3n) is 10.4. The van der Waals surface area contributed by atoms with Crippen molar-refractivity contribution < 1.29 is 19.8 Å². The maximum atomic E-state index is 13.4. The van der Waals surface area contributed by atoms with Crippen molar-refractivity contribution in [3.05, 3.63) is 0 Å². The van der Waals surface area contributed by atoms with Crippen LogP contribution in [0.1, 0.15) is 89.9 Å². The highest BCUT2D eigenvalue weighted by Gasteiger charge is 2.47. The molecule has 38 heavy (non-hydrogen) atoms. The summed E-state index contributed by atoms with van der Waals surface area (Å²) in [6, 6.07) is 0.116. The van der Waals surface area contributed by atoms with E-state index in [0.717, 1.165) is 44.6 Å². The number of hydrogen-bond acceptors (Lipinski definition) is 6. The zero-order valence-electron chi connectivity index (χ0n) is 23.3. The summed E-state index contributed by atoms with van der Waals surface area (Å²) in [5.41, 5.74) is 0. The van der Waals surface area contributed by atoms with Crippen molar-refractivity contribution in [2.45, 2.75) is 108 Å². The minimum Gasteiger partial charge on any atom is -0.396 e. The van der Waals surface area contributed by atoms with E-state index in [9.17, 15) is 15.0 Å². The summed E-state index contributed by atoms with van der Waals surface area (Å²) in [6.45, 7) is 2.03. The monoisotopic (exact) mass is 529 g/mol. The first-order valence-electron chi connectivity index (χ1n) is 15.8. The predicted octanol–water partition coefficient (Wildman–Crippen LogP) is 3.25. The third-order valence-corrected chi connectivity index (χ3v) is 10.4. The summed E-state index contributed by atoms with van der Waals surface area (Å²) in [4.78, 5) is 19.5. The Hall–Kier alpha value is -1.17. The van der Waals surface area contributed by atoms with Crippen LogP contribution in [-0.4, -0.2) is 72.2 Å². The van der Waals surface area contributed by atoms with Crippen molar-refractivity contribution in [1.82, 2.24) is 15.7 Å². The van der Waals surface area contributed by atoms with Gasteiger partial charge in [0.25, 0.3) is 0 Å². The van der Waals surface area contributed by atoms with E-state index in [2.05, 4.69) is 22.5 Å². The van der Waals surface area contributed by atoms with Gasteiger partial charge in [-0.1, -0.05) is 43.9 Å². The quantitative estimate of drug-likeness (QED) is 0.361. The van der Waals surface area contributed by atoms with Crippen molar-refractivity contribution >= 4 is 5.91 Å².